The molecule has 0 heterocycles. The maximum atomic E-state index is 13.7. The molecule has 0 aliphatic heterocycles. The monoisotopic (exact) mass is 282 g/mol. The molecule has 3 nitrogen and oxygen atoms in total. The molecule has 1 aromatic carbocycles. The molecule has 0 bridgehead atoms. The lowest BCUT2D eigenvalue weighted by molar-refractivity contribution is -0.134. The van der Waals surface area contributed by atoms with Crippen molar-refractivity contribution in [3.63, 3.8) is 0 Å². The summed E-state index contributed by atoms with van der Waals surface area (Å²) in [4.78, 5) is 13.8. The van der Waals surface area contributed by atoms with Gasteiger partial charge in [0.1, 0.15) is 11.6 Å². The SMILES string of the molecule is NCCC(=O)N(Cc1cc(F)ccc1F)C1CCCC1. The Labute approximate surface area is 117 Å². The van der Waals surface area contributed by atoms with Crippen LogP contribution >= 0.6 is 0 Å². The van der Waals surface area contributed by atoms with Crippen LogP contribution in [0.15, 0.2) is 18.2 Å². The zero-order valence-electron chi connectivity index (χ0n) is 11.4. The van der Waals surface area contributed by atoms with Gasteiger partial charge >= 0.3 is 0 Å². The van der Waals surface area contributed by atoms with Crippen molar-refractivity contribution in [3.8, 4) is 0 Å². The first-order valence-corrected chi connectivity index (χ1v) is 7.05. The van der Waals surface area contributed by atoms with Gasteiger partial charge in [0.15, 0.2) is 0 Å². The fourth-order valence-electron chi connectivity index (χ4n) is 2.75. The lowest BCUT2D eigenvalue weighted by atomic mass is 10.1. The Morgan fingerprint density at radius 3 is 2.65 bits per heavy atom. The Bertz CT molecular complexity index is 473. The average Bonchev–Trinajstić information content (AvgIpc) is 2.93. The normalized spacial score (nSPS) is 15.6. The van der Waals surface area contributed by atoms with Crippen LogP contribution in [0.4, 0.5) is 8.78 Å². The molecular formula is C15H20F2N2O. The van der Waals surface area contributed by atoms with Crippen LogP contribution in [-0.2, 0) is 11.3 Å². The highest BCUT2D eigenvalue weighted by molar-refractivity contribution is 5.76. The van der Waals surface area contributed by atoms with E-state index in [9.17, 15) is 13.6 Å². The maximum absolute atomic E-state index is 13.7. The summed E-state index contributed by atoms with van der Waals surface area (Å²) in [6, 6.07) is 3.47. The number of carbonyl (C=O) groups is 1. The third-order valence-corrected chi connectivity index (χ3v) is 3.79. The summed E-state index contributed by atoms with van der Waals surface area (Å²) in [5.74, 6) is -1.04. The standard InChI is InChI=1S/C15H20F2N2O/c16-12-5-6-14(17)11(9-12)10-19(15(20)7-8-18)13-3-1-2-4-13/h5-6,9,13H,1-4,7-8,10,18H2. The van der Waals surface area contributed by atoms with Gasteiger partial charge < -0.3 is 10.6 Å². The number of hydrogen-bond donors (Lipinski definition) is 1. The van der Waals surface area contributed by atoms with Gasteiger partial charge in [-0.2, -0.15) is 0 Å². The van der Waals surface area contributed by atoms with Crippen molar-refractivity contribution >= 4 is 5.91 Å². The lowest BCUT2D eigenvalue weighted by Gasteiger charge is -2.29. The summed E-state index contributed by atoms with van der Waals surface area (Å²) >= 11 is 0. The Kier molecular flexibility index (Phi) is 5.06. The Morgan fingerprint density at radius 2 is 2.00 bits per heavy atom. The topological polar surface area (TPSA) is 46.3 Å². The van der Waals surface area contributed by atoms with E-state index in [2.05, 4.69) is 0 Å². The van der Waals surface area contributed by atoms with Crippen molar-refractivity contribution in [2.75, 3.05) is 6.54 Å². The van der Waals surface area contributed by atoms with Crippen LogP contribution in [0.5, 0.6) is 0 Å². The van der Waals surface area contributed by atoms with Crippen LogP contribution in [0.1, 0.15) is 37.7 Å². The first kappa shape index (κ1) is 14.9. The lowest BCUT2D eigenvalue weighted by Crippen LogP contribution is -2.39. The molecule has 2 N–H and O–H groups in total. The summed E-state index contributed by atoms with van der Waals surface area (Å²) < 4.78 is 27.0. The predicted octanol–water partition coefficient (Wildman–Crippen LogP) is 2.58. The van der Waals surface area contributed by atoms with Crippen LogP contribution in [0, 0.1) is 11.6 Å². The van der Waals surface area contributed by atoms with E-state index < -0.39 is 11.6 Å². The number of carbonyl (C=O) groups excluding carboxylic acids is 1. The summed E-state index contributed by atoms with van der Waals surface area (Å²) in [6.45, 7) is 0.390. The highest BCUT2D eigenvalue weighted by Crippen LogP contribution is 2.26. The Hall–Kier alpha value is -1.49. The van der Waals surface area contributed by atoms with Gasteiger partial charge in [0.2, 0.25) is 5.91 Å². The molecule has 5 heteroatoms. The van der Waals surface area contributed by atoms with Crippen molar-refractivity contribution in [1.29, 1.82) is 0 Å². The quantitative estimate of drug-likeness (QED) is 0.902. The first-order valence-electron chi connectivity index (χ1n) is 7.05. The molecule has 1 aliphatic carbocycles. The molecule has 0 radical (unpaired) electrons. The molecule has 0 spiro atoms. The fraction of sp³-hybridized carbons (Fsp3) is 0.533. The highest BCUT2D eigenvalue weighted by Gasteiger charge is 2.27. The smallest absolute Gasteiger partial charge is 0.224 e. The average molecular weight is 282 g/mol. The predicted molar refractivity (Wildman–Crippen MR) is 72.8 cm³/mol. The number of rotatable bonds is 5. The molecule has 2 rings (SSSR count). The van der Waals surface area contributed by atoms with E-state index in [1.165, 1.54) is 0 Å². The van der Waals surface area contributed by atoms with Crippen molar-refractivity contribution in [1.82, 2.24) is 4.90 Å². The molecular weight excluding hydrogens is 262 g/mol. The molecule has 0 unspecified atom stereocenters. The van der Waals surface area contributed by atoms with Crippen molar-refractivity contribution < 1.29 is 13.6 Å². The van der Waals surface area contributed by atoms with Crippen LogP contribution in [-0.4, -0.2) is 23.4 Å². The van der Waals surface area contributed by atoms with E-state index in [0.717, 1.165) is 43.9 Å². The van der Waals surface area contributed by atoms with E-state index in [1.54, 1.807) is 4.90 Å². The van der Waals surface area contributed by atoms with Crippen LogP contribution in [0.25, 0.3) is 0 Å². The van der Waals surface area contributed by atoms with Crippen LogP contribution < -0.4 is 5.73 Å². The zero-order valence-corrected chi connectivity index (χ0v) is 11.4. The molecule has 110 valence electrons. The van der Waals surface area contributed by atoms with Gasteiger partial charge in [0.25, 0.3) is 0 Å². The van der Waals surface area contributed by atoms with Crippen LogP contribution in [0.3, 0.4) is 0 Å². The van der Waals surface area contributed by atoms with Gasteiger partial charge in [-0.3, -0.25) is 4.79 Å². The highest BCUT2D eigenvalue weighted by atomic mass is 19.1. The minimum atomic E-state index is -0.487. The number of hydrogen-bond acceptors (Lipinski definition) is 2. The van der Waals surface area contributed by atoms with Crippen molar-refractivity contribution in [3.05, 3.63) is 35.4 Å². The second kappa shape index (κ2) is 6.79. The summed E-state index contributed by atoms with van der Waals surface area (Å²) in [6.07, 6.45) is 4.24. The number of nitrogens with zero attached hydrogens (tertiary/aromatic N) is 1. The van der Waals surface area contributed by atoms with Gasteiger partial charge in [-0.25, -0.2) is 8.78 Å². The molecule has 1 aromatic rings. The molecule has 1 fully saturated rings. The Balaban J connectivity index is 2.17. The second-order valence-electron chi connectivity index (χ2n) is 5.23. The molecule has 0 aromatic heterocycles. The summed E-state index contributed by atoms with van der Waals surface area (Å²) in [7, 11) is 0. The van der Waals surface area contributed by atoms with Crippen LogP contribution in [0.2, 0.25) is 0 Å². The zero-order chi connectivity index (χ0) is 14.5. The van der Waals surface area contributed by atoms with E-state index in [1.807, 2.05) is 0 Å². The largest absolute Gasteiger partial charge is 0.335 e. The number of amides is 1. The van der Waals surface area contributed by atoms with Crippen molar-refractivity contribution in [2.45, 2.75) is 44.7 Å². The minimum absolute atomic E-state index is 0.0805. The van der Waals surface area contributed by atoms with E-state index in [0.29, 0.717) is 0 Å². The number of benzene rings is 1. The van der Waals surface area contributed by atoms with E-state index in [4.69, 9.17) is 5.73 Å². The van der Waals surface area contributed by atoms with Crippen molar-refractivity contribution in [2.24, 2.45) is 5.73 Å². The number of nitrogens with two attached hydrogens (primary N) is 1. The summed E-state index contributed by atoms with van der Waals surface area (Å²) in [5.41, 5.74) is 5.66. The van der Waals surface area contributed by atoms with Gasteiger partial charge in [0, 0.05) is 31.1 Å². The maximum Gasteiger partial charge on any atom is 0.224 e. The molecule has 1 amide bonds. The van der Waals surface area contributed by atoms with Gasteiger partial charge in [-0.05, 0) is 31.0 Å². The molecule has 0 atom stereocenters. The third-order valence-electron chi connectivity index (χ3n) is 3.79. The first-order chi connectivity index (χ1) is 9.61. The minimum Gasteiger partial charge on any atom is -0.335 e. The number of halogens is 2. The Morgan fingerprint density at radius 1 is 1.30 bits per heavy atom. The second-order valence-corrected chi connectivity index (χ2v) is 5.23. The fourth-order valence-corrected chi connectivity index (χ4v) is 2.75. The van der Waals surface area contributed by atoms with Gasteiger partial charge in [-0.1, -0.05) is 12.8 Å². The van der Waals surface area contributed by atoms with E-state index >= 15 is 0 Å². The van der Waals surface area contributed by atoms with Gasteiger partial charge in [0.05, 0.1) is 0 Å². The molecule has 20 heavy (non-hydrogen) atoms. The van der Waals surface area contributed by atoms with Gasteiger partial charge in [-0.15, -0.1) is 0 Å². The third kappa shape index (κ3) is 3.54. The molecule has 1 saturated carbocycles. The molecule has 1 aliphatic rings. The summed E-state index contributed by atoms with van der Waals surface area (Å²) in [5, 5.41) is 0. The van der Waals surface area contributed by atoms with E-state index in [-0.39, 0.29) is 37.0 Å². The molecule has 0 saturated heterocycles.